The van der Waals surface area contributed by atoms with E-state index in [2.05, 4.69) is 10.2 Å². The minimum Gasteiger partial charge on any atom is -0.310 e. The summed E-state index contributed by atoms with van der Waals surface area (Å²) in [6.45, 7) is 2.94. The van der Waals surface area contributed by atoms with Gasteiger partial charge in [0.25, 0.3) is 0 Å². The molecule has 1 N–H and O–H groups in total. The Balaban J connectivity index is 1.45. The molecule has 1 heterocycles. The Morgan fingerprint density at radius 1 is 1.00 bits per heavy atom. The van der Waals surface area contributed by atoms with Crippen LogP contribution in [0.25, 0.3) is 0 Å². The Kier molecular flexibility index (Phi) is 4.22. The first-order valence-corrected chi connectivity index (χ1v) is 7.66. The zero-order valence-electron chi connectivity index (χ0n) is 12.0. The average Bonchev–Trinajstić information content (AvgIpc) is 3.30. The number of rotatable bonds is 4. The molecule has 0 atom stereocenters. The van der Waals surface area contributed by atoms with Crippen LogP contribution in [-0.4, -0.2) is 30.1 Å². The van der Waals surface area contributed by atoms with Crippen molar-refractivity contribution in [1.82, 2.24) is 10.2 Å². The molecule has 21 heavy (non-hydrogen) atoms. The van der Waals surface area contributed by atoms with Gasteiger partial charge in [0.2, 0.25) is 0 Å². The lowest BCUT2D eigenvalue weighted by atomic mass is 10.0. The van der Waals surface area contributed by atoms with E-state index in [9.17, 15) is 13.2 Å². The number of nitrogens with one attached hydrogen (secondary N) is 1. The van der Waals surface area contributed by atoms with Crippen molar-refractivity contribution in [3.63, 3.8) is 0 Å². The molecule has 1 aliphatic carbocycles. The average molecular weight is 298 g/mol. The van der Waals surface area contributed by atoms with Crippen LogP contribution in [0, 0.1) is 0 Å². The lowest BCUT2D eigenvalue weighted by molar-refractivity contribution is -0.137. The Morgan fingerprint density at radius 2 is 1.62 bits per heavy atom. The molecule has 1 aromatic rings. The molecule has 2 aliphatic rings. The number of hydrogen-bond acceptors (Lipinski definition) is 2. The fourth-order valence-corrected chi connectivity index (χ4v) is 2.98. The topological polar surface area (TPSA) is 15.3 Å². The molecule has 1 aliphatic heterocycles. The van der Waals surface area contributed by atoms with E-state index in [4.69, 9.17) is 0 Å². The summed E-state index contributed by atoms with van der Waals surface area (Å²) in [4.78, 5) is 2.57. The normalized spacial score (nSPS) is 21.7. The van der Waals surface area contributed by atoms with E-state index in [0.29, 0.717) is 12.6 Å². The Hall–Kier alpha value is -1.07. The highest BCUT2D eigenvalue weighted by Crippen LogP contribution is 2.30. The number of nitrogens with zero attached hydrogens (tertiary/aromatic N) is 1. The third-order valence-corrected chi connectivity index (χ3v) is 4.47. The van der Waals surface area contributed by atoms with Gasteiger partial charge in [0.15, 0.2) is 0 Å². The van der Waals surface area contributed by atoms with Crippen molar-refractivity contribution >= 4 is 0 Å². The molecule has 0 bridgehead atoms. The van der Waals surface area contributed by atoms with Crippen LogP contribution in [0.2, 0.25) is 0 Å². The number of alkyl halides is 3. The van der Waals surface area contributed by atoms with Crippen LogP contribution in [0.15, 0.2) is 24.3 Å². The van der Waals surface area contributed by atoms with Gasteiger partial charge < -0.3 is 10.2 Å². The van der Waals surface area contributed by atoms with Crippen molar-refractivity contribution in [3.05, 3.63) is 35.4 Å². The Morgan fingerprint density at radius 3 is 2.14 bits per heavy atom. The molecule has 1 saturated carbocycles. The van der Waals surface area contributed by atoms with E-state index in [-0.39, 0.29) is 0 Å². The largest absolute Gasteiger partial charge is 0.416 e. The molecule has 1 aromatic carbocycles. The van der Waals surface area contributed by atoms with Crippen LogP contribution in [0.3, 0.4) is 0 Å². The van der Waals surface area contributed by atoms with E-state index >= 15 is 0 Å². The van der Waals surface area contributed by atoms with Crippen LogP contribution in [0.1, 0.15) is 36.8 Å². The third-order valence-electron chi connectivity index (χ3n) is 4.47. The number of likely N-dealkylation sites (tertiary alicyclic amines) is 1. The van der Waals surface area contributed by atoms with Gasteiger partial charge >= 0.3 is 6.18 Å². The molecule has 2 nitrogen and oxygen atoms in total. The minimum atomic E-state index is -4.25. The van der Waals surface area contributed by atoms with E-state index in [1.54, 1.807) is 12.1 Å². The first-order valence-electron chi connectivity index (χ1n) is 7.66. The lowest BCUT2D eigenvalue weighted by Crippen LogP contribution is -2.43. The van der Waals surface area contributed by atoms with Gasteiger partial charge in [0, 0.05) is 18.6 Å². The monoisotopic (exact) mass is 298 g/mol. The Bertz CT molecular complexity index is 457. The summed E-state index contributed by atoms with van der Waals surface area (Å²) in [5.74, 6) is 0. The quantitative estimate of drug-likeness (QED) is 0.916. The molecule has 0 aromatic heterocycles. The smallest absolute Gasteiger partial charge is 0.310 e. The fraction of sp³-hybridized carbons (Fsp3) is 0.625. The highest BCUT2D eigenvalue weighted by Gasteiger charge is 2.32. The van der Waals surface area contributed by atoms with Gasteiger partial charge in [-0.1, -0.05) is 12.1 Å². The summed E-state index contributed by atoms with van der Waals surface area (Å²) in [6.07, 6.45) is 0.725. The van der Waals surface area contributed by atoms with Crippen LogP contribution >= 0.6 is 0 Å². The van der Waals surface area contributed by atoms with Crippen molar-refractivity contribution in [2.75, 3.05) is 13.1 Å². The van der Waals surface area contributed by atoms with Gasteiger partial charge in [0.1, 0.15) is 0 Å². The second-order valence-corrected chi connectivity index (χ2v) is 6.12. The summed E-state index contributed by atoms with van der Waals surface area (Å²) in [6, 6.07) is 6.77. The second kappa shape index (κ2) is 5.97. The number of benzene rings is 1. The standard InChI is InChI=1S/C16H21F3N2/c17-16(18,19)13-3-1-12(2-4-13)11-20-14-7-9-21(10-8-14)15-5-6-15/h1-4,14-15,20H,5-11H2. The molecule has 1 saturated heterocycles. The van der Waals surface area contributed by atoms with Gasteiger partial charge in [-0.05, 0) is 56.5 Å². The summed E-state index contributed by atoms with van der Waals surface area (Å²) < 4.78 is 37.4. The zero-order chi connectivity index (χ0) is 14.9. The molecule has 2 fully saturated rings. The zero-order valence-corrected chi connectivity index (χ0v) is 12.0. The summed E-state index contributed by atoms with van der Waals surface area (Å²) in [7, 11) is 0. The fourth-order valence-electron chi connectivity index (χ4n) is 2.98. The maximum atomic E-state index is 12.5. The lowest BCUT2D eigenvalue weighted by Gasteiger charge is -2.32. The Labute approximate surface area is 123 Å². The third kappa shape index (κ3) is 3.98. The first kappa shape index (κ1) is 14.9. The van der Waals surface area contributed by atoms with Gasteiger partial charge in [-0.3, -0.25) is 0 Å². The number of halogens is 3. The molecule has 0 spiro atoms. The van der Waals surface area contributed by atoms with Crippen molar-refractivity contribution in [3.8, 4) is 0 Å². The van der Waals surface area contributed by atoms with Crippen LogP contribution in [-0.2, 0) is 12.7 Å². The van der Waals surface area contributed by atoms with Gasteiger partial charge in [-0.15, -0.1) is 0 Å². The molecular weight excluding hydrogens is 277 g/mol. The molecule has 0 radical (unpaired) electrons. The van der Waals surface area contributed by atoms with Crippen LogP contribution < -0.4 is 5.32 Å². The highest BCUT2D eigenvalue weighted by atomic mass is 19.4. The molecule has 0 amide bonds. The highest BCUT2D eigenvalue weighted by molar-refractivity contribution is 5.24. The van der Waals surface area contributed by atoms with Crippen molar-refractivity contribution in [1.29, 1.82) is 0 Å². The predicted octanol–water partition coefficient (Wildman–Crippen LogP) is 3.42. The van der Waals surface area contributed by atoms with E-state index < -0.39 is 11.7 Å². The van der Waals surface area contributed by atoms with Crippen molar-refractivity contribution in [2.24, 2.45) is 0 Å². The summed E-state index contributed by atoms with van der Waals surface area (Å²) in [5, 5.41) is 3.47. The van der Waals surface area contributed by atoms with Gasteiger partial charge in [0.05, 0.1) is 5.56 Å². The van der Waals surface area contributed by atoms with E-state index in [1.807, 2.05) is 0 Å². The number of piperidine rings is 1. The molecular formula is C16H21F3N2. The molecule has 3 rings (SSSR count). The van der Waals surface area contributed by atoms with Crippen molar-refractivity contribution in [2.45, 2.75) is 50.5 Å². The van der Waals surface area contributed by atoms with Gasteiger partial charge in [-0.25, -0.2) is 0 Å². The minimum absolute atomic E-state index is 0.488. The first-order chi connectivity index (χ1) is 10.0. The molecule has 0 unspecified atom stereocenters. The maximum absolute atomic E-state index is 12.5. The second-order valence-electron chi connectivity index (χ2n) is 6.12. The van der Waals surface area contributed by atoms with Gasteiger partial charge in [-0.2, -0.15) is 13.2 Å². The van der Waals surface area contributed by atoms with Crippen LogP contribution in [0.4, 0.5) is 13.2 Å². The predicted molar refractivity (Wildman–Crippen MR) is 75.9 cm³/mol. The summed E-state index contributed by atoms with van der Waals surface area (Å²) >= 11 is 0. The maximum Gasteiger partial charge on any atom is 0.416 e. The van der Waals surface area contributed by atoms with Crippen molar-refractivity contribution < 1.29 is 13.2 Å². The molecule has 5 heteroatoms. The van der Waals surface area contributed by atoms with E-state index in [0.717, 1.165) is 49.7 Å². The number of hydrogen-bond donors (Lipinski definition) is 1. The van der Waals surface area contributed by atoms with Crippen LogP contribution in [0.5, 0.6) is 0 Å². The molecule has 116 valence electrons. The SMILES string of the molecule is FC(F)(F)c1ccc(CNC2CCN(C3CC3)CC2)cc1. The summed E-state index contributed by atoms with van der Waals surface area (Å²) in [5.41, 5.74) is 0.330. The van der Waals surface area contributed by atoms with E-state index in [1.165, 1.54) is 12.8 Å².